The summed E-state index contributed by atoms with van der Waals surface area (Å²) >= 11 is 3.69. The lowest BCUT2D eigenvalue weighted by atomic mass is 9.46. The van der Waals surface area contributed by atoms with Crippen LogP contribution >= 0.6 is 15.9 Å². The van der Waals surface area contributed by atoms with Crippen LogP contribution in [-0.2, 0) is 14.3 Å². The lowest BCUT2D eigenvalue weighted by Crippen LogP contribution is -2.52. The minimum absolute atomic E-state index is 0.0457. The van der Waals surface area contributed by atoms with E-state index >= 15 is 0 Å². The van der Waals surface area contributed by atoms with Crippen molar-refractivity contribution in [1.82, 2.24) is 0 Å². The molecule has 1 aromatic carbocycles. The molecule has 0 N–H and O–H groups in total. The second-order valence-corrected chi connectivity index (χ2v) is 13.9. The zero-order valence-electron chi connectivity index (χ0n) is 22.4. The molecule has 0 radical (unpaired) electrons. The normalized spacial score (nSPS) is 42.8. The van der Waals surface area contributed by atoms with Gasteiger partial charge in [0.15, 0.2) is 0 Å². The Morgan fingerprint density at radius 3 is 2.61 bits per heavy atom. The molecule has 6 rings (SSSR count). The Labute approximate surface area is 224 Å². The first kappa shape index (κ1) is 24.7. The Morgan fingerprint density at radius 2 is 1.89 bits per heavy atom. The summed E-state index contributed by atoms with van der Waals surface area (Å²) in [5.74, 6) is 2.95. The monoisotopic (exact) mass is 553 g/mol. The van der Waals surface area contributed by atoms with Gasteiger partial charge in [-0.1, -0.05) is 48.4 Å². The van der Waals surface area contributed by atoms with Crippen LogP contribution in [0.15, 0.2) is 34.3 Å². The van der Waals surface area contributed by atoms with Crippen LogP contribution in [0.3, 0.4) is 0 Å². The minimum Gasteiger partial charge on any atom is -0.462 e. The molecular weight excluding hydrogens is 514 g/mol. The lowest BCUT2D eigenvalue weighted by molar-refractivity contribution is -0.148. The van der Waals surface area contributed by atoms with E-state index in [4.69, 9.17) is 4.74 Å². The van der Waals surface area contributed by atoms with E-state index < -0.39 is 0 Å². The molecule has 3 fully saturated rings. The Balaban J connectivity index is 1.35. The molecule has 3 saturated carbocycles. The molecule has 5 heteroatoms. The van der Waals surface area contributed by atoms with E-state index in [0.717, 1.165) is 42.3 Å². The molecule has 9 atom stereocenters. The number of nitrogens with zero attached hydrogens (tertiary/aromatic N) is 1. The average Bonchev–Trinajstić information content (AvgIpc) is 3.12. The first-order valence-corrected chi connectivity index (χ1v) is 14.8. The van der Waals surface area contributed by atoms with Gasteiger partial charge in [-0.05, 0) is 103 Å². The van der Waals surface area contributed by atoms with Gasteiger partial charge in [-0.2, -0.15) is 0 Å². The highest BCUT2D eigenvalue weighted by Crippen LogP contribution is 2.69. The van der Waals surface area contributed by atoms with Crippen molar-refractivity contribution in [2.75, 3.05) is 4.90 Å². The molecule has 0 spiro atoms. The Morgan fingerprint density at radius 1 is 1.11 bits per heavy atom. The van der Waals surface area contributed by atoms with Crippen LogP contribution in [0, 0.1) is 34.5 Å². The first-order chi connectivity index (χ1) is 17.0. The number of benzene rings is 1. The van der Waals surface area contributed by atoms with E-state index in [1.54, 1.807) is 6.92 Å². The molecule has 1 aliphatic heterocycles. The van der Waals surface area contributed by atoms with E-state index in [-0.39, 0.29) is 34.9 Å². The number of rotatable bonds is 1. The zero-order valence-corrected chi connectivity index (χ0v) is 23.9. The molecule has 36 heavy (non-hydrogen) atoms. The third-order valence-electron chi connectivity index (χ3n) is 11.4. The van der Waals surface area contributed by atoms with Gasteiger partial charge in [0.1, 0.15) is 6.10 Å². The fourth-order valence-electron chi connectivity index (χ4n) is 10.1. The molecule has 5 aliphatic rings. The van der Waals surface area contributed by atoms with Gasteiger partial charge in [0.25, 0.3) is 0 Å². The number of carbonyl (C=O) groups is 2. The fraction of sp³-hybridized carbons (Fsp3) is 0.677. The topological polar surface area (TPSA) is 46.6 Å². The smallest absolute Gasteiger partial charge is 0.302 e. The number of allylic oxidation sites excluding steroid dienone is 1. The van der Waals surface area contributed by atoms with Crippen LogP contribution in [0.4, 0.5) is 5.69 Å². The molecule has 1 heterocycles. The predicted molar refractivity (Wildman–Crippen MR) is 146 cm³/mol. The van der Waals surface area contributed by atoms with Crippen LogP contribution in [0.2, 0.25) is 0 Å². The number of anilines is 1. The molecule has 1 aromatic rings. The average molecular weight is 555 g/mol. The number of halogens is 1. The van der Waals surface area contributed by atoms with Crippen molar-refractivity contribution in [2.45, 2.75) is 97.6 Å². The van der Waals surface area contributed by atoms with Crippen molar-refractivity contribution >= 4 is 33.5 Å². The van der Waals surface area contributed by atoms with Crippen molar-refractivity contribution in [1.29, 1.82) is 0 Å². The van der Waals surface area contributed by atoms with Crippen LogP contribution in [0.5, 0.6) is 0 Å². The largest absolute Gasteiger partial charge is 0.462 e. The van der Waals surface area contributed by atoms with Crippen LogP contribution in [-0.4, -0.2) is 24.0 Å². The second kappa shape index (κ2) is 8.44. The minimum atomic E-state index is -0.156. The van der Waals surface area contributed by atoms with Crippen molar-refractivity contribution in [3.05, 3.63) is 39.9 Å². The van der Waals surface area contributed by atoms with Crippen molar-refractivity contribution in [3.8, 4) is 0 Å². The summed E-state index contributed by atoms with van der Waals surface area (Å²) in [4.78, 5) is 26.9. The van der Waals surface area contributed by atoms with Crippen LogP contribution < -0.4 is 4.90 Å². The zero-order chi connectivity index (χ0) is 25.6. The van der Waals surface area contributed by atoms with Crippen LogP contribution in [0.25, 0.3) is 0 Å². The van der Waals surface area contributed by atoms with Gasteiger partial charge in [-0.3, -0.25) is 9.59 Å². The van der Waals surface area contributed by atoms with E-state index in [9.17, 15) is 9.59 Å². The van der Waals surface area contributed by atoms with E-state index in [2.05, 4.69) is 65.9 Å². The molecule has 4 nitrogen and oxygen atoms in total. The third-order valence-corrected chi connectivity index (χ3v) is 11.9. The molecule has 0 aromatic heterocycles. The Bertz CT molecular complexity index is 1140. The maximum Gasteiger partial charge on any atom is 0.302 e. The van der Waals surface area contributed by atoms with Crippen molar-refractivity contribution in [3.63, 3.8) is 0 Å². The fourth-order valence-corrected chi connectivity index (χ4v) is 10.4. The number of ether oxygens (including phenoxy) is 1. The van der Waals surface area contributed by atoms with E-state index in [1.165, 1.54) is 30.9 Å². The second-order valence-electron chi connectivity index (χ2n) is 13.0. The molecule has 0 saturated heterocycles. The summed E-state index contributed by atoms with van der Waals surface area (Å²) in [7, 11) is 0. The van der Waals surface area contributed by atoms with Gasteiger partial charge in [0.2, 0.25) is 5.91 Å². The first-order valence-electron chi connectivity index (χ1n) is 14.0. The molecule has 0 bridgehead atoms. The number of hydrogen-bond donors (Lipinski definition) is 0. The molecular formula is C31H40BrNO3. The number of amides is 1. The Kier molecular flexibility index (Phi) is 5.79. The van der Waals surface area contributed by atoms with E-state index in [0.29, 0.717) is 29.6 Å². The maximum atomic E-state index is 13.1. The van der Waals surface area contributed by atoms with Gasteiger partial charge in [-0.15, -0.1) is 0 Å². The van der Waals surface area contributed by atoms with Gasteiger partial charge < -0.3 is 9.64 Å². The summed E-state index contributed by atoms with van der Waals surface area (Å²) in [6, 6.07) is 6.78. The summed E-state index contributed by atoms with van der Waals surface area (Å²) < 4.78 is 6.73. The van der Waals surface area contributed by atoms with E-state index in [1.807, 2.05) is 0 Å². The van der Waals surface area contributed by atoms with Gasteiger partial charge in [0.05, 0.1) is 0 Å². The van der Waals surface area contributed by atoms with Gasteiger partial charge >= 0.3 is 5.97 Å². The molecule has 1 amide bonds. The number of esters is 1. The SMILES string of the molecule is CC(=O)O[C@H]1CC[C@@]2(C)C(=CC[C@H]3[C@@H]4C[C@@H]5[C@H]([C@H](C)c6cc(Br)ccc6N5C(C)=O)[C@@]4(C)CC[C@@H]32)C1. The summed E-state index contributed by atoms with van der Waals surface area (Å²) in [5.41, 5.74) is 4.45. The quantitative estimate of drug-likeness (QED) is 0.268. The molecule has 0 unspecified atom stereocenters. The molecule has 194 valence electrons. The number of fused-ring (bicyclic) bond motifs is 8. The third kappa shape index (κ3) is 3.43. The van der Waals surface area contributed by atoms with Crippen LogP contribution in [0.1, 0.15) is 91.0 Å². The summed E-state index contributed by atoms with van der Waals surface area (Å²) in [5, 5.41) is 0. The van der Waals surface area contributed by atoms with Gasteiger partial charge in [-0.25, -0.2) is 0 Å². The standard InChI is InChI=1S/C31H40BrNO3/c1-17-24-15-21(32)7-9-27(24)33(18(2)34)28-16-26-23-8-6-20-14-22(36-19(3)35)10-12-30(20,4)25(23)11-13-31(26,5)29(17)28/h6-7,9,15,17,22-23,25-26,28-29H,8,10-14,16H2,1-5H3/t17-,22+,23-,25+,26+,28-,29+,30+,31+/m1/s1. The summed E-state index contributed by atoms with van der Waals surface area (Å²) in [6.45, 7) is 10.8. The molecule has 4 aliphatic carbocycles. The highest BCUT2D eigenvalue weighted by atomic mass is 79.9. The summed E-state index contributed by atoms with van der Waals surface area (Å²) in [6.07, 6.45) is 10.3. The lowest BCUT2D eigenvalue weighted by Gasteiger charge is -2.58. The van der Waals surface area contributed by atoms with Crippen molar-refractivity contribution < 1.29 is 14.3 Å². The maximum absolute atomic E-state index is 13.1. The number of hydrogen-bond acceptors (Lipinski definition) is 3. The van der Waals surface area contributed by atoms with Crippen molar-refractivity contribution in [2.24, 2.45) is 34.5 Å². The highest BCUT2D eigenvalue weighted by Gasteiger charge is 2.64. The number of carbonyl (C=O) groups excluding carboxylic acids is 2. The predicted octanol–water partition coefficient (Wildman–Crippen LogP) is 7.41. The van der Waals surface area contributed by atoms with Gasteiger partial charge in [0, 0.05) is 36.5 Å². The highest BCUT2D eigenvalue weighted by molar-refractivity contribution is 9.10. The Hall–Kier alpha value is -1.62.